The number of benzene rings is 1. The first-order valence-corrected chi connectivity index (χ1v) is 8.33. The van der Waals surface area contributed by atoms with Gasteiger partial charge in [-0.1, -0.05) is 12.5 Å². The summed E-state index contributed by atoms with van der Waals surface area (Å²) in [6.45, 7) is 1.98. The van der Waals surface area contributed by atoms with Gasteiger partial charge < -0.3 is 10.7 Å². The number of nitrogens with one attached hydrogen (secondary N) is 2. The fraction of sp³-hybridized carbons (Fsp3) is 0.533. The molecule has 110 valence electrons. The molecule has 4 N–H and O–H groups in total. The third-order valence-electron chi connectivity index (χ3n) is 3.87. The zero-order chi connectivity index (χ0) is 14.5. The van der Waals surface area contributed by atoms with Crippen molar-refractivity contribution in [1.82, 2.24) is 5.32 Å². The molecular weight excluding hydrogens is 270 g/mol. The van der Waals surface area contributed by atoms with E-state index in [-0.39, 0.29) is 11.9 Å². The van der Waals surface area contributed by atoms with E-state index in [1.165, 1.54) is 12.8 Å². The van der Waals surface area contributed by atoms with Crippen molar-refractivity contribution in [3.63, 3.8) is 0 Å². The minimum Gasteiger partial charge on any atom is -0.349 e. The summed E-state index contributed by atoms with van der Waals surface area (Å²) in [6, 6.07) is 5.93. The Morgan fingerprint density at radius 3 is 2.90 bits per heavy atom. The Balaban J connectivity index is 2.04. The monoisotopic (exact) mass is 293 g/mol. The van der Waals surface area contributed by atoms with E-state index in [1.807, 2.05) is 36.9 Å². The molecule has 1 aromatic carbocycles. The van der Waals surface area contributed by atoms with Gasteiger partial charge in [-0.2, -0.15) is 11.8 Å². The Hall–Kier alpha value is -1.20. The number of carbonyl (C=O) groups excluding carboxylic acids is 1. The highest BCUT2D eigenvalue weighted by molar-refractivity contribution is 7.99. The van der Waals surface area contributed by atoms with Gasteiger partial charge in [0.05, 0.1) is 11.3 Å². The summed E-state index contributed by atoms with van der Waals surface area (Å²) in [6.07, 6.45) is 6.72. The van der Waals surface area contributed by atoms with Gasteiger partial charge in [-0.05, 0) is 50.1 Å². The topological polar surface area (TPSA) is 67.2 Å². The van der Waals surface area contributed by atoms with Gasteiger partial charge in [0.2, 0.25) is 0 Å². The van der Waals surface area contributed by atoms with Crippen molar-refractivity contribution >= 4 is 23.4 Å². The zero-order valence-corrected chi connectivity index (χ0v) is 12.9. The second kappa shape index (κ2) is 6.99. The van der Waals surface area contributed by atoms with Crippen LogP contribution in [0.2, 0.25) is 0 Å². The molecule has 1 fully saturated rings. The zero-order valence-electron chi connectivity index (χ0n) is 12.1. The van der Waals surface area contributed by atoms with Gasteiger partial charge in [0.25, 0.3) is 5.91 Å². The summed E-state index contributed by atoms with van der Waals surface area (Å²) < 4.78 is 0. The Morgan fingerprint density at radius 2 is 2.20 bits per heavy atom. The van der Waals surface area contributed by atoms with Crippen LogP contribution in [0.4, 0.5) is 5.69 Å². The molecule has 0 aromatic heterocycles. The molecule has 1 amide bonds. The number of aryl methyl sites for hydroxylation is 1. The minimum atomic E-state index is -0.0373. The second-order valence-corrected chi connectivity index (χ2v) is 6.53. The van der Waals surface area contributed by atoms with Crippen molar-refractivity contribution in [1.29, 1.82) is 0 Å². The third kappa shape index (κ3) is 3.67. The van der Waals surface area contributed by atoms with Gasteiger partial charge in [-0.15, -0.1) is 0 Å². The molecule has 2 rings (SSSR count). The van der Waals surface area contributed by atoms with Crippen LogP contribution in [0.5, 0.6) is 0 Å². The maximum atomic E-state index is 12.4. The van der Waals surface area contributed by atoms with Gasteiger partial charge in [0.15, 0.2) is 0 Å². The maximum Gasteiger partial charge on any atom is 0.253 e. The number of nitrogen functional groups attached to an aromatic ring is 1. The number of thioether (sulfide) groups is 1. The molecule has 5 heteroatoms. The van der Waals surface area contributed by atoms with Crippen LogP contribution < -0.4 is 16.6 Å². The minimum absolute atomic E-state index is 0.0373. The summed E-state index contributed by atoms with van der Waals surface area (Å²) >= 11 is 1.90. The highest BCUT2D eigenvalue weighted by Gasteiger charge is 2.23. The number of rotatable bonds is 4. The lowest BCUT2D eigenvalue weighted by atomic mass is 9.94. The fourth-order valence-corrected chi connectivity index (χ4v) is 3.56. The number of hydrazine groups is 1. The van der Waals surface area contributed by atoms with Crippen molar-refractivity contribution in [2.75, 3.05) is 11.7 Å². The van der Waals surface area contributed by atoms with Gasteiger partial charge in [-0.25, -0.2) is 0 Å². The van der Waals surface area contributed by atoms with Crippen LogP contribution in [0, 0.1) is 6.92 Å². The lowest BCUT2D eigenvalue weighted by Crippen LogP contribution is -2.39. The number of anilines is 1. The molecular formula is C15H23N3OS. The molecule has 4 nitrogen and oxygen atoms in total. The first-order valence-electron chi connectivity index (χ1n) is 7.05. The molecule has 0 radical (unpaired) electrons. The fourth-order valence-electron chi connectivity index (χ4n) is 2.73. The van der Waals surface area contributed by atoms with Gasteiger partial charge in [0, 0.05) is 11.3 Å². The highest BCUT2D eigenvalue weighted by Crippen LogP contribution is 2.27. The van der Waals surface area contributed by atoms with Crippen LogP contribution >= 0.6 is 11.8 Å². The normalized spacial score (nSPS) is 22.4. The van der Waals surface area contributed by atoms with Crippen LogP contribution in [0.25, 0.3) is 0 Å². The third-order valence-corrected chi connectivity index (χ3v) is 4.96. The molecule has 2 unspecified atom stereocenters. The number of nitrogens with two attached hydrogens (primary N) is 1. The molecule has 1 aromatic rings. The van der Waals surface area contributed by atoms with E-state index < -0.39 is 0 Å². The molecule has 0 aliphatic heterocycles. The van der Waals surface area contributed by atoms with E-state index in [2.05, 4.69) is 17.0 Å². The summed E-state index contributed by atoms with van der Waals surface area (Å²) in [5.74, 6) is 5.46. The standard InChI is InChI=1S/C15H23N3OS/c1-10-6-7-13(14(8-10)18-16)15(19)17-11-4-3-5-12(9-11)20-2/h6-8,11-12,18H,3-5,9,16H2,1-2H3,(H,17,19). The number of carbonyl (C=O) groups is 1. The average molecular weight is 293 g/mol. The highest BCUT2D eigenvalue weighted by atomic mass is 32.2. The van der Waals surface area contributed by atoms with Crippen LogP contribution in [0.15, 0.2) is 18.2 Å². The number of amides is 1. The van der Waals surface area contributed by atoms with Crippen LogP contribution in [-0.4, -0.2) is 23.5 Å². The van der Waals surface area contributed by atoms with E-state index in [0.717, 1.165) is 18.4 Å². The summed E-state index contributed by atoms with van der Waals surface area (Å²) in [4.78, 5) is 12.4. The first-order chi connectivity index (χ1) is 9.63. The largest absolute Gasteiger partial charge is 0.349 e. The molecule has 1 saturated carbocycles. The van der Waals surface area contributed by atoms with Crippen molar-refractivity contribution in [2.45, 2.75) is 43.9 Å². The molecule has 0 spiro atoms. The lowest BCUT2D eigenvalue weighted by Gasteiger charge is -2.28. The molecule has 2 atom stereocenters. The van der Waals surface area contributed by atoms with Gasteiger partial charge in [-0.3, -0.25) is 10.6 Å². The predicted octanol–water partition coefficient (Wildman–Crippen LogP) is 2.68. The van der Waals surface area contributed by atoms with E-state index in [9.17, 15) is 4.79 Å². The summed E-state index contributed by atoms with van der Waals surface area (Å²) in [5.41, 5.74) is 4.98. The smallest absolute Gasteiger partial charge is 0.253 e. The van der Waals surface area contributed by atoms with Crippen LogP contribution in [0.3, 0.4) is 0 Å². The first kappa shape index (κ1) is 15.2. The molecule has 0 saturated heterocycles. The molecule has 0 bridgehead atoms. The molecule has 1 aliphatic carbocycles. The maximum absolute atomic E-state index is 12.4. The summed E-state index contributed by atoms with van der Waals surface area (Å²) in [5, 5.41) is 3.81. The second-order valence-electron chi connectivity index (χ2n) is 5.39. The van der Waals surface area contributed by atoms with Crippen LogP contribution in [0.1, 0.15) is 41.6 Å². The Morgan fingerprint density at radius 1 is 1.40 bits per heavy atom. The average Bonchev–Trinajstić information content (AvgIpc) is 2.47. The van der Waals surface area contributed by atoms with E-state index in [0.29, 0.717) is 16.5 Å². The van der Waals surface area contributed by atoms with Crippen molar-refractivity contribution in [3.8, 4) is 0 Å². The molecule has 1 aliphatic rings. The summed E-state index contributed by atoms with van der Waals surface area (Å²) in [7, 11) is 0. The lowest BCUT2D eigenvalue weighted by molar-refractivity contribution is 0.0929. The van der Waals surface area contributed by atoms with Crippen molar-refractivity contribution in [2.24, 2.45) is 5.84 Å². The Bertz CT molecular complexity index is 478. The predicted molar refractivity (Wildman–Crippen MR) is 86.0 cm³/mol. The van der Waals surface area contributed by atoms with Crippen molar-refractivity contribution in [3.05, 3.63) is 29.3 Å². The SMILES string of the molecule is CSC1CCCC(NC(=O)c2ccc(C)cc2NN)C1. The van der Waals surface area contributed by atoms with Gasteiger partial charge in [0.1, 0.15) is 0 Å². The van der Waals surface area contributed by atoms with Crippen molar-refractivity contribution < 1.29 is 4.79 Å². The Kier molecular flexibility index (Phi) is 5.31. The van der Waals surface area contributed by atoms with Crippen LogP contribution in [-0.2, 0) is 0 Å². The number of hydrogen-bond acceptors (Lipinski definition) is 4. The molecule has 20 heavy (non-hydrogen) atoms. The van der Waals surface area contributed by atoms with E-state index in [4.69, 9.17) is 5.84 Å². The quantitative estimate of drug-likeness (QED) is 0.590. The van der Waals surface area contributed by atoms with Gasteiger partial charge >= 0.3 is 0 Å². The molecule has 0 heterocycles. The Labute approximate surface area is 124 Å². The van der Waals surface area contributed by atoms with E-state index >= 15 is 0 Å². The number of hydrogen-bond donors (Lipinski definition) is 3. The van der Waals surface area contributed by atoms with E-state index in [1.54, 1.807) is 0 Å².